The van der Waals surface area contributed by atoms with E-state index in [0.717, 1.165) is 29.9 Å². The zero-order valence-corrected chi connectivity index (χ0v) is 24.3. The van der Waals surface area contributed by atoms with Gasteiger partial charge in [0.1, 0.15) is 0 Å². The van der Waals surface area contributed by atoms with Crippen LogP contribution in [0.1, 0.15) is 29.7 Å². The first-order valence-corrected chi connectivity index (χ1v) is 15.0. The topological polar surface area (TPSA) is 91.6 Å². The molecule has 4 aromatic rings. The maximum Gasteiger partial charge on any atom is 0.338 e. The van der Waals surface area contributed by atoms with Crippen molar-refractivity contribution in [3.8, 4) is 11.5 Å². The first-order chi connectivity index (χ1) is 21.1. The number of esters is 1. The molecule has 0 radical (unpaired) electrons. The molecular formula is C33H29N3O6S. The number of benzene rings is 3. The molecule has 7 rings (SSSR count). The molecule has 9 nitrogen and oxygen atoms in total. The first kappa shape index (κ1) is 27.2. The van der Waals surface area contributed by atoms with Gasteiger partial charge in [-0.25, -0.2) is 9.79 Å². The van der Waals surface area contributed by atoms with Crippen molar-refractivity contribution in [1.82, 2.24) is 4.57 Å². The number of rotatable bonds is 6. The fraction of sp³-hybridized carbons (Fsp3) is 0.242. The molecule has 218 valence electrons. The Morgan fingerprint density at radius 3 is 2.56 bits per heavy atom. The Labute approximate surface area is 251 Å². The summed E-state index contributed by atoms with van der Waals surface area (Å²) >= 11 is 1.30. The van der Waals surface area contributed by atoms with Crippen LogP contribution < -0.4 is 29.3 Å². The van der Waals surface area contributed by atoms with Crippen molar-refractivity contribution in [3.63, 3.8) is 0 Å². The summed E-state index contributed by atoms with van der Waals surface area (Å²) in [6.45, 7) is 5.19. The lowest BCUT2D eigenvalue weighted by Crippen LogP contribution is -2.40. The molecule has 1 fully saturated rings. The lowest BCUT2D eigenvalue weighted by molar-refractivity contribution is -0.138. The molecule has 0 aliphatic carbocycles. The zero-order chi connectivity index (χ0) is 29.3. The van der Waals surface area contributed by atoms with Crippen molar-refractivity contribution >= 4 is 34.8 Å². The van der Waals surface area contributed by atoms with E-state index in [1.54, 1.807) is 17.6 Å². The maximum atomic E-state index is 14.1. The van der Waals surface area contributed by atoms with Crippen LogP contribution in [0.4, 0.5) is 5.69 Å². The van der Waals surface area contributed by atoms with Gasteiger partial charge in [-0.15, -0.1) is 0 Å². The summed E-state index contributed by atoms with van der Waals surface area (Å²) in [4.78, 5) is 35.5. The molecule has 4 heterocycles. The van der Waals surface area contributed by atoms with Gasteiger partial charge in [0.05, 0.1) is 41.7 Å². The summed E-state index contributed by atoms with van der Waals surface area (Å²) in [5, 5.41) is 0. The van der Waals surface area contributed by atoms with Gasteiger partial charge >= 0.3 is 5.97 Å². The molecule has 3 aromatic carbocycles. The van der Waals surface area contributed by atoms with Gasteiger partial charge in [-0.05, 0) is 48.4 Å². The summed E-state index contributed by atoms with van der Waals surface area (Å²) in [7, 11) is 0. The lowest BCUT2D eigenvalue weighted by Gasteiger charge is -2.28. The second kappa shape index (κ2) is 11.5. The molecule has 10 heteroatoms. The molecule has 0 bridgehead atoms. The minimum atomic E-state index is -0.786. The highest BCUT2D eigenvalue weighted by atomic mass is 32.1. The van der Waals surface area contributed by atoms with Crippen molar-refractivity contribution in [1.29, 1.82) is 0 Å². The van der Waals surface area contributed by atoms with E-state index in [9.17, 15) is 9.59 Å². The molecule has 3 aliphatic heterocycles. The molecule has 1 aromatic heterocycles. The Balaban J connectivity index is 1.39. The molecule has 0 amide bonds. The molecule has 0 spiro atoms. The Bertz CT molecular complexity index is 1890. The third kappa shape index (κ3) is 5.13. The van der Waals surface area contributed by atoms with E-state index < -0.39 is 12.0 Å². The number of thiazole rings is 1. The van der Waals surface area contributed by atoms with E-state index in [2.05, 4.69) is 17.0 Å². The van der Waals surface area contributed by atoms with Crippen molar-refractivity contribution in [2.45, 2.75) is 13.0 Å². The molecule has 3 aliphatic rings. The van der Waals surface area contributed by atoms with Crippen molar-refractivity contribution in [2.24, 2.45) is 4.99 Å². The fourth-order valence-electron chi connectivity index (χ4n) is 5.59. The second-order valence-electron chi connectivity index (χ2n) is 10.2. The number of anilines is 1. The fourth-order valence-corrected chi connectivity index (χ4v) is 6.59. The average molecular weight is 596 g/mol. The summed E-state index contributed by atoms with van der Waals surface area (Å²) in [6, 6.07) is 22.3. The number of nitrogens with zero attached hydrogens (tertiary/aromatic N) is 3. The Morgan fingerprint density at radius 2 is 1.79 bits per heavy atom. The molecular weight excluding hydrogens is 566 g/mol. The molecule has 1 atom stereocenters. The van der Waals surface area contributed by atoms with Crippen LogP contribution in [0.2, 0.25) is 0 Å². The van der Waals surface area contributed by atoms with Crippen LogP contribution in [0.5, 0.6) is 11.5 Å². The van der Waals surface area contributed by atoms with Crippen molar-refractivity contribution in [3.05, 3.63) is 115 Å². The molecule has 1 saturated heterocycles. The highest BCUT2D eigenvalue weighted by molar-refractivity contribution is 7.07. The van der Waals surface area contributed by atoms with Crippen LogP contribution >= 0.6 is 11.3 Å². The van der Waals surface area contributed by atoms with Crippen molar-refractivity contribution < 1.29 is 23.7 Å². The molecule has 0 saturated carbocycles. The van der Waals surface area contributed by atoms with Gasteiger partial charge in [0.15, 0.2) is 16.3 Å². The molecule has 43 heavy (non-hydrogen) atoms. The Morgan fingerprint density at radius 1 is 1.02 bits per heavy atom. The van der Waals surface area contributed by atoms with Gasteiger partial charge in [-0.2, -0.15) is 0 Å². The van der Waals surface area contributed by atoms with E-state index in [0.29, 0.717) is 50.9 Å². The monoisotopic (exact) mass is 595 g/mol. The summed E-state index contributed by atoms with van der Waals surface area (Å²) in [5.41, 5.74) is 4.00. The minimum absolute atomic E-state index is 0.113. The predicted molar refractivity (Wildman–Crippen MR) is 163 cm³/mol. The number of ether oxygens (including phenoxy) is 4. The molecule has 0 unspecified atom stereocenters. The summed E-state index contributed by atoms with van der Waals surface area (Å²) in [5.74, 6) is 0.642. The summed E-state index contributed by atoms with van der Waals surface area (Å²) in [6.07, 6.45) is 1.87. The van der Waals surface area contributed by atoms with Gasteiger partial charge in [-0.3, -0.25) is 9.36 Å². The number of hydrogen-bond acceptors (Lipinski definition) is 9. The third-order valence-electron chi connectivity index (χ3n) is 7.65. The van der Waals surface area contributed by atoms with Crippen LogP contribution in [-0.4, -0.2) is 50.2 Å². The van der Waals surface area contributed by atoms with Gasteiger partial charge in [-0.1, -0.05) is 59.9 Å². The Kier molecular flexibility index (Phi) is 7.30. The van der Waals surface area contributed by atoms with E-state index in [4.69, 9.17) is 23.9 Å². The normalized spacial score (nSPS) is 17.9. The van der Waals surface area contributed by atoms with E-state index >= 15 is 0 Å². The van der Waals surface area contributed by atoms with Crippen LogP contribution in [-0.2, 0) is 14.3 Å². The number of morpholine rings is 1. The lowest BCUT2D eigenvalue weighted by atomic mass is 9.93. The second-order valence-corrected chi connectivity index (χ2v) is 11.2. The van der Waals surface area contributed by atoms with Crippen molar-refractivity contribution in [2.75, 3.05) is 44.6 Å². The van der Waals surface area contributed by atoms with Crippen LogP contribution in [0.15, 0.2) is 88.2 Å². The van der Waals surface area contributed by atoms with E-state index in [1.165, 1.54) is 11.3 Å². The summed E-state index contributed by atoms with van der Waals surface area (Å²) < 4.78 is 24.3. The van der Waals surface area contributed by atoms with E-state index in [-0.39, 0.29) is 19.0 Å². The minimum Gasteiger partial charge on any atom is -0.463 e. The predicted octanol–water partition coefficient (Wildman–Crippen LogP) is 3.50. The maximum absolute atomic E-state index is 14.1. The SMILES string of the molecule is CCOC(=O)C1=C(c2ccccc2)N=c2s/c(=C/c3ccc(N4CCOCC4)cc3)c(=O)n2[C@@H]1c1ccc2c(c1)OCO2. The average Bonchev–Trinajstić information content (AvgIpc) is 3.65. The number of fused-ring (bicyclic) bond motifs is 2. The third-order valence-corrected chi connectivity index (χ3v) is 8.64. The highest BCUT2D eigenvalue weighted by Crippen LogP contribution is 2.40. The van der Waals surface area contributed by atoms with Gasteiger partial charge < -0.3 is 23.8 Å². The largest absolute Gasteiger partial charge is 0.463 e. The standard InChI is InChI=1S/C33H29N3O6S/c1-2-40-32(38)28-29(22-6-4-3-5-7-22)34-33-36(30(28)23-10-13-25-26(19-23)42-20-41-25)31(37)27(43-33)18-21-8-11-24(12-9-21)35-14-16-39-17-15-35/h3-13,18-19,30H,2,14-17,20H2,1H3/b27-18+/t30-/m1/s1. The number of aromatic nitrogens is 1. The zero-order valence-electron chi connectivity index (χ0n) is 23.5. The smallest absolute Gasteiger partial charge is 0.338 e. The quantitative estimate of drug-likeness (QED) is 0.315. The molecule has 0 N–H and O–H groups in total. The number of hydrogen-bond donors (Lipinski definition) is 0. The van der Waals surface area contributed by atoms with Gasteiger partial charge in [0, 0.05) is 24.3 Å². The van der Waals surface area contributed by atoms with E-state index in [1.807, 2.05) is 60.7 Å². The number of carbonyl (C=O) groups excluding carboxylic acids is 1. The number of carbonyl (C=O) groups is 1. The van der Waals surface area contributed by atoms with Crippen LogP contribution in [0, 0.1) is 0 Å². The van der Waals surface area contributed by atoms with Gasteiger partial charge in [0.25, 0.3) is 5.56 Å². The van der Waals surface area contributed by atoms with Crippen LogP contribution in [0.3, 0.4) is 0 Å². The van der Waals surface area contributed by atoms with Crippen LogP contribution in [0.25, 0.3) is 11.8 Å². The highest BCUT2D eigenvalue weighted by Gasteiger charge is 2.36. The Hall–Kier alpha value is -4.67. The van der Waals surface area contributed by atoms with Gasteiger partial charge in [0.2, 0.25) is 6.79 Å². The first-order valence-electron chi connectivity index (χ1n) is 14.2.